The molecule has 15 heavy (non-hydrogen) atoms. The number of aliphatic hydroxyl groups is 1. The van der Waals surface area contributed by atoms with Crippen molar-refractivity contribution in [3.8, 4) is 0 Å². The van der Waals surface area contributed by atoms with Crippen LogP contribution in [0.15, 0.2) is 24.3 Å². The fourth-order valence-electron chi connectivity index (χ4n) is 2.61. The van der Waals surface area contributed by atoms with Gasteiger partial charge in [0.1, 0.15) is 0 Å². The molecule has 1 nitrogen and oxygen atoms in total. The summed E-state index contributed by atoms with van der Waals surface area (Å²) in [6, 6.07) is 8.60. The minimum atomic E-state index is -0.119. The van der Waals surface area contributed by atoms with E-state index in [9.17, 15) is 5.11 Å². The fourth-order valence-corrected chi connectivity index (χ4v) is 2.61. The average Bonchev–Trinajstić information content (AvgIpc) is 2.28. The molecule has 82 valence electrons. The lowest BCUT2D eigenvalue weighted by molar-refractivity contribution is 0.120. The summed E-state index contributed by atoms with van der Waals surface area (Å²) < 4.78 is 0. The molecule has 0 radical (unpaired) electrons. The van der Waals surface area contributed by atoms with Crippen LogP contribution < -0.4 is 0 Å². The van der Waals surface area contributed by atoms with Crippen molar-refractivity contribution >= 4 is 0 Å². The summed E-state index contributed by atoms with van der Waals surface area (Å²) in [5.41, 5.74) is 2.84. The molecule has 0 spiro atoms. The monoisotopic (exact) mass is 204 g/mol. The van der Waals surface area contributed by atoms with Crippen LogP contribution in [0.3, 0.4) is 0 Å². The first-order valence-electron chi connectivity index (χ1n) is 6.08. The molecular weight excluding hydrogens is 184 g/mol. The van der Waals surface area contributed by atoms with E-state index in [1.54, 1.807) is 0 Å². The zero-order valence-electron chi connectivity index (χ0n) is 9.45. The number of hydrogen-bond acceptors (Lipinski definition) is 1. The molecule has 0 bridgehead atoms. The molecule has 0 heterocycles. The number of fused-ring (bicyclic) bond motifs is 1. The molecule has 0 unspecified atom stereocenters. The van der Waals surface area contributed by atoms with Gasteiger partial charge in [-0.1, -0.05) is 44.0 Å². The van der Waals surface area contributed by atoms with Crippen LogP contribution >= 0.6 is 0 Å². The molecule has 2 rings (SSSR count). The Morgan fingerprint density at radius 3 is 2.93 bits per heavy atom. The van der Waals surface area contributed by atoms with E-state index < -0.39 is 0 Å². The van der Waals surface area contributed by atoms with Crippen LogP contribution in [0, 0.1) is 0 Å². The molecule has 1 aliphatic rings. The van der Waals surface area contributed by atoms with Crippen LogP contribution in [0.5, 0.6) is 0 Å². The Balaban J connectivity index is 2.21. The van der Waals surface area contributed by atoms with Crippen LogP contribution in [0.4, 0.5) is 0 Å². The molecule has 1 aromatic rings. The van der Waals surface area contributed by atoms with E-state index in [0.29, 0.717) is 5.92 Å². The third-order valence-electron chi connectivity index (χ3n) is 3.50. The van der Waals surface area contributed by atoms with Crippen LogP contribution in [0.2, 0.25) is 0 Å². The highest BCUT2D eigenvalue weighted by atomic mass is 16.3. The van der Waals surface area contributed by atoms with E-state index in [1.165, 1.54) is 24.0 Å². The van der Waals surface area contributed by atoms with E-state index in [-0.39, 0.29) is 6.10 Å². The highest BCUT2D eigenvalue weighted by molar-refractivity contribution is 5.33. The quantitative estimate of drug-likeness (QED) is 0.801. The van der Waals surface area contributed by atoms with Gasteiger partial charge >= 0.3 is 0 Å². The second-order valence-electron chi connectivity index (χ2n) is 4.55. The Labute approximate surface area is 92.1 Å². The van der Waals surface area contributed by atoms with Gasteiger partial charge in [0.2, 0.25) is 0 Å². The topological polar surface area (TPSA) is 20.2 Å². The normalized spacial score (nSPS) is 24.9. The smallest absolute Gasteiger partial charge is 0.0612 e. The zero-order chi connectivity index (χ0) is 10.7. The van der Waals surface area contributed by atoms with Crippen molar-refractivity contribution in [2.75, 3.05) is 0 Å². The van der Waals surface area contributed by atoms with Crippen LogP contribution in [-0.2, 0) is 6.42 Å². The van der Waals surface area contributed by atoms with Gasteiger partial charge in [0, 0.05) is 5.92 Å². The van der Waals surface area contributed by atoms with Crippen LogP contribution in [-0.4, -0.2) is 11.2 Å². The van der Waals surface area contributed by atoms with Crippen LogP contribution in [0.25, 0.3) is 0 Å². The minimum absolute atomic E-state index is 0.119. The Morgan fingerprint density at radius 2 is 2.13 bits per heavy atom. The molecule has 1 aliphatic carbocycles. The molecule has 2 atom stereocenters. The summed E-state index contributed by atoms with van der Waals surface area (Å²) in [5.74, 6) is 0.384. The molecule has 0 saturated carbocycles. The van der Waals surface area contributed by atoms with E-state index in [0.717, 1.165) is 19.3 Å². The van der Waals surface area contributed by atoms with Gasteiger partial charge < -0.3 is 5.11 Å². The van der Waals surface area contributed by atoms with Gasteiger partial charge in [-0.25, -0.2) is 0 Å². The summed E-state index contributed by atoms with van der Waals surface area (Å²) >= 11 is 0. The van der Waals surface area contributed by atoms with Crippen molar-refractivity contribution < 1.29 is 5.11 Å². The maximum absolute atomic E-state index is 10.0. The van der Waals surface area contributed by atoms with Crippen molar-refractivity contribution in [1.29, 1.82) is 0 Å². The molecule has 0 aromatic heterocycles. The molecule has 0 fully saturated rings. The van der Waals surface area contributed by atoms with Gasteiger partial charge in [0.15, 0.2) is 0 Å². The van der Waals surface area contributed by atoms with Gasteiger partial charge in [-0.05, 0) is 30.4 Å². The van der Waals surface area contributed by atoms with Crippen molar-refractivity contribution in [1.82, 2.24) is 0 Å². The third kappa shape index (κ3) is 2.23. The van der Waals surface area contributed by atoms with E-state index in [2.05, 4.69) is 31.2 Å². The van der Waals surface area contributed by atoms with Gasteiger partial charge in [0.05, 0.1) is 6.10 Å². The molecule has 0 saturated heterocycles. The van der Waals surface area contributed by atoms with E-state index >= 15 is 0 Å². The summed E-state index contributed by atoms with van der Waals surface area (Å²) in [4.78, 5) is 0. The Hall–Kier alpha value is -0.820. The first kappa shape index (κ1) is 10.7. The SMILES string of the molecule is CCCC[C@@H]1c2ccccc2CC[C@H]1O. The second kappa shape index (κ2) is 4.80. The molecule has 0 aliphatic heterocycles. The second-order valence-corrected chi connectivity index (χ2v) is 4.55. The number of aryl methyl sites for hydroxylation is 1. The number of aliphatic hydroxyl groups excluding tert-OH is 1. The van der Waals surface area contributed by atoms with Crippen molar-refractivity contribution in [2.24, 2.45) is 0 Å². The van der Waals surface area contributed by atoms with Crippen molar-refractivity contribution in [3.63, 3.8) is 0 Å². The first-order valence-corrected chi connectivity index (χ1v) is 6.08. The predicted octanol–water partition coefficient (Wildman–Crippen LogP) is 3.27. The summed E-state index contributed by atoms with van der Waals surface area (Å²) in [5, 5.41) is 10.0. The molecule has 1 N–H and O–H groups in total. The molecule has 1 aromatic carbocycles. The van der Waals surface area contributed by atoms with Crippen LogP contribution in [0.1, 0.15) is 49.7 Å². The van der Waals surface area contributed by atoms with Crippen molar-refractivity contribution in [2.45, 2.75) is 51.0 Å². The fraction of sp³-hybridized carbons (Fsp3) is 0.571. The largest absolute Gasteiger partial charge is 0.392 e. The Bertz CT molecular complexity index is 319. The number of hydrogen-bond donors (Lipinski definition) is 1. The zero-order valence-corrected chi connectivity index (χ0v) is 9.45. The predicted molar refractivity (Wildman–Crippen MR) is 63.0 cm³/mol. The maximum Gasteiger partial charge on any atom is 0.0612 e. The Kier molecular flexibility index (Phi) is 3.42. The first-order chi connectivity index (χ1) is 7.33. The van der Waals surface area contributed by atoms with Gasteiger partial charge in [0.25, 0.3) is 0 Å². The van der Waals surface area contributed by atoms with Crippen molar-refractivity contribution in [3.05, 3.63) is 35.4 Å². The molecule has 0 amide bonds. The van der Waals surface area contributed by atoms with Gasteiger partial charge in [-0.3, -0.25) is 0 Å². The number of rotatable bonds is 3. The average molecular weight is 204 g/mol. The van der Waals surface area contributed by atoms with E-state index in [4.69, 9.17) is 0 Å². The Morgan fingerprint density at radius 1 is 1.33 bits per heavy atom. The lowest BCUT2D eigenvalue weighted by atomic mass is 9.78. The maximum atomic E-state index is 10.0. The van der Waals surface area contributed by atoms with E-state index in [1.807, 2.05) is 0 Å². The lowest BCUT2D eigenvalue weighted by Crippen LogP contribution is -2.25. The minimum Gasteiger partial charge on any atom is -0.392 e. The third-order valence-corrected chi connectivity index (χ3v) is 3.50. The van der Waals surface area contributed by atoms with Gasteiger partial charge in [-0.2, -0.15) is 0 Å². The lowest BCUT2D eigenvalue weighted by Gasteiger charge is -2.30. The number of benzene rings is 1. The summed E-state index contributed by atoms with van der Waals surface area (Å²) in [7, 11) is 0. The summed E-state index contributed by atoms with van der Waals surface area (Å²) in [6.45, 7) is 2.21. The number of unbranched alkanes of at least 4 members (excludes halogenated alkanes) is 1. The summed E-state index contributed by atoms with van der Waals surface area (Å²) in [6.07, 6.45) is 5.42. The highest BCUT2D eigenvalue weighted by Gasteiger charge is 2.26. The molecular formula is C14H20O. The highest BCUT2D eigenvalue weighted by Crippen LogP contribution is 2.35. The molecule has 1 heteroatoms. The van der Waals surface area contributed by atoms with Gasteiger partial charge in [-0.15, -0.1) is 0 Å². The standard InChI is InChI=1S/C14H20O/c1-2-3-7-13-12-8-5-4-6-11(12)9-10-14(13)15/h4-6,8,13-15H,2-3,7,9-10H2,1H3/t13-,14-/m1/s1.